The maximum Gasteiger partial charge on any atom is 0.211 e. The van der Waals surface area contributed by atoms with Gasteiger partial charge >= 0.3 is 0 Å². The van der Waals surface area contributed by atoms with E-state index in [0.29, 0.717) is 25.3 Å². The maximum absolute atomic E-state index is 11.0. The van der Waals surface area contributed by atoms with Crippen LogP contribution >= 0.6 is 0 Å². The van der Waals surface area contributed by atoms with Crippen molar-refractivity contribution >= 4 is 17.7 Å². The molecule has 0 radical (unpaired) electrons. The monoisotopic (exact) mass is 308 g/mol. The van der Waals surface area contributed by atoms with E-state index in [9.17, 15) is 4.79 Å². The van der Waals surface area contributed by atoms with Crippen molar-refractivity contribution in [2.45, 2.75) is 19.4 Å². The van der Waals surface area contributed by atoms with Crippen molar-refractivity contribution in [3.8, 4) is 5.75 Å². The van der Waals surface area contributed by atoms with Crippen molar-refractivity contribution in [2.75, 3.05) is 11.9 Å². The van der Waals surface area contributed by atoms with Crippen LogP contribution in [0.1, 0.15) is 23.1 Å². The highest BCUT2D eigenvalue weighted by Crippen LogP contribution is 2.37. The molecule has 0 bridgehead atoms. The van der Waals surface area contributed by atoms with Gasteiger partial charge in [-0.1, -0.05) is 42.5 Å². The third-order valence-electron chi connectivity index (χ3n) is 4.07. The number of nitrogens with one attached hydrogen (secondary N) is 1. The molecule has 0 saturated heterocycles. The molecule has 2 aromatic carbocycles. The van der Waals surface area contributed by atoms with E-state index in [4.69, 9.17) is 10.5 Å². The molecule has 3 N–H and O–H groups in total. The van der Waals surface area contributed by atoms with E-state index in [1.165, 1.54) is 0 Å². The number of fused-ring (bicyclic) bond motifs is 1. The molecule has 0 unspecified atom stereocenters. The summed E-state index contributed by atoms with van der Waals surface area (Å²) in [6.45, 7) is 0.963. The smallest absolute Gasteiger partial charge is 0.211 e. The van der Waals surface area contributed by atoms with Gasteiger partial charge in [0.15, 0.2) is 0 Å². The summed E-state index contributed by atoms with van der Waals surface area (Å²) in [6, 6.07) is 13.9. The van der Waals surface area contributed by atoms with Gasteiger partial charge in [-0.2, -0.15) is 0 Å². The molecule has 3 rings (SSSR count). The Morgan fingerprint density at radius 1 is 1.17 bits per heavy atom. The van der Waals surface area contributed by atoms with E-state index in [-0.39, 0.29) is 0 Å². The molecule has 0 fully saturated rings. The molecule has 0 aliphatic heterocycles. The number of amides is 1. The van der Waals surface area contributed by atoms with Crippen molar-refractivity contribution in [1.29, 1.82) is 0 Å². The van der Waals surface area contributed by atoms with Gasteiger partial charge in [-0.25, -0.2) is 0 Å². The average molecular weight is 308 g/mol. The molecule has 4 heteroatoms. The van der Waals surface area contributed by atoms with Gasteiger partial charge in [0.25, 0.3) is 0 Å². The lowest BCUT2D eigenvalue weighted by Crippen LogP contribution is -2.12. The fourth-order valence-electron chi connectivity index (χ4n) is 2.95. The number of nitrogens with two attached hydrogens (primary N) is 1. The number of carbonyl (C=O) groups is 1. The van der Waals surface area contributed by atoms with Crippen molar-refractivity contribution in [3.05, 3.63) is 65.2 Å². The van der Waals surface area contributed by atoms with Gasteiger partial charge in [0.2, 0.25) is 6.41 Å². The lowest BCUT2D eigenvalue weighted by molar-refractivity contribution is -0.105. The highest BCUT2D eigenvalue weighted by Gasteiger charge is 2.18. The number of hydrogen-bond acceptors (Lipinski definition) is 3. The van der Waals surface area contributed by atoms with Gasteiger partial charge in [0.1, 0.15) is 12.4 Å². The molecule has 1 amide bonds. The standard InChI is InChI=1S/C19H20N2O2/c20-11-15-7-4-8-17-16(15)9-10-18(19(17)21-13-22)23-12-14-5-2-1-3-6-14/h1-3,5-7,9-10,13H,4,8,11-12,20H2,(H,21,22). The van der Waals surface area contributed by atoms with Gasteiger partial charge in [0.05, 0.1) is 5.69 Å². The summed E-state index contributed by atoms with van der Waals surface area (Å²) in [4.78, 5) is 11.0. The average Bonchev–Trinajstić information content (AvgIpc) is 2.61. The fourth-order valence-corrected chi connectivity index (χ4v) is 2.95. The molecule has 4 nitrogen and oxygen atoms in total. The Kier molecular flexibility index (Phi) is 4.74. The van der Waals surface area contributed by atoms with E-state index in [1.54, 1.807) is 0 Å². The zero-order valence-corrected chi connectivity index (χ0v) is 12.9. The summed E-state index contributed by atoms with van der Waals surface area (Å²) in [5.74, 6) is 0.693. The van der Waals surface area contributed by atoms with Crippen LogP contribution in [0.25, 0.3) is 5.57 Å². The Morgan fingerprint density at radius 2 is 2.00 bits per heavy atom. The van der Waals surface area contributed by atoms with E-state index < -0.39 is 0 Å². The fraction of sp³-hybridized carbons (Fsp3) is 0.211. The first kappa shape index (κ1) is 15.3. The number of rotatable bonds is 6. The molecule has 1 aliphatic carbocycles. The Balaban J connectivity index is 1.91. The number of anilines is 1. The van der Waals surface area contributed by atoms with Crippen LogP contribution in [-0.4, -0.2) is 13.0 Å². The van der Waals surface area contributed by atoms with Crippen LogP contribution in [0.2, 0.25) is 0 Å². The van der Waals surface area contributed by atoms with Gasteiger partial charge < -0.3 is 15.8 Å². The minimum Gasteiger partial charge on any atom is -0.487 e. The normalized spacial score (nSPS) is 13.0. The van der Waals surface area contributed by atoms with Crippen LogP contribution in [0.15, 0.2) is 48.5 Å². The summed E-state index contributed by atoms with van der Waals surface area (Å²) < 4.78 is 5.94. The molecular formula is C19H20N2O2. The van der Waals surface area contributed by atoms with Crippen LogP contribution in [-0.2, 0) is 17.8 Å². The Morgan fingerprint density at radius 3 is 2.74 bits per heavy atom. The zero-order chi connectivity index (χ0) is 16.1. The second-order valence-corrected chi connectivity index (χ2v) is 5.47. The van der Waals surface area contributed by atoms with E-state index in [1.807, 2.05) is 42.5 Å². The van der Waals surface area contributed by atoms with Crippen molar-refractivity contribution in [1.82, 2.24) is 0 Å². The summed E-state index contributed by atoms with van der Waals surface area (Å²) in [5, 5.41) is 2.81. The Hall–Kier alpha value is -2.59. The van der Waals surface area contributed by atoms with Crippen molar-refractivity contribution < 1.29 is 9.53 Å². The third-order valence-corrected chi connectivity index (χ3v) is 4.07. The molecule has 1 aliphatic rings. The highest BCUT2D eigenvalue weighted by molar-refractivity contribution is 5.84. The molecule has 0 spiro atoms. The maximum atomic E-state index is 11.0. The minimum atomic E-state index is 0.465. The summed E-state index contributed by atoms with van der Waals surface area (Å²) >= 11 is 0. The lowest BCUT2D eigenvalue weighted by Gasteiger charge is -2.22. The van der Waals surface area contributed by atoms with E-state index >= 15 is 0 Å². The molecule has 0 saturated carbocycles. The van der Waals surface area contributed by atoms with Crippen LogP contribution in [0, 0.1) is 0 Å². The molecule has 0 atom stereocenters. The molecule has 2 aromatic rings. The molecule has 23 heavy (non-hydrogen) atoms. The topological polar surface area (TPSA) is 64.3 Å². The number of hydrogen-bond donors (Lipinski definition) is 2. The van der Waals surface area contributed by atoms with Crippen molar-refractivity contribution in [3.63, 3.8) is 0 Å². The van der Waals surface area contributed by atoms with E-state index in [2.05, 4.69) is 11.4 Å². The highest BCUT2D eigenvalue weighted by atomic mass is 16.5. The summed E-state index contributed by atoms with van der Waals surface area (Å²) in [7, 11) is 0. The predicted molar refractivity (Wildman–Crippen MR) is 92.3 cm³/mol. The van der Waals surface area contributed by atoms with Gasteiger partial charge in [-0.05, 0) is 41.2 Å². The summed E-state index contributed by atoms with van der Waals surface area (Å²) in [5.41, 5.74) is 11.0. The first-order chi connectivity index (χ1) is 11.3. The lowest BCUT2D eigenvalue weighted by atomic mass is 9.89. The van der Waals surface area contributed by atoms with Crippen LogP contribution in [0.3, 0.4) is 0 Å². The quantitative estimate of drug-likeness (QED) is 0.806. The van der Waals surface area contributed by atoms with Crippen LogP contribution < -0.4 is 15.8 Å². The first-order valence-electron chi connectivity index (χ1n) is 7.75. The summed E-state index contributed by atoms with van der Waals surface area (Å²) in [6.07, 6.45) is 4.66. The van der Waals surface area contributed by atoms with Gasteiger partial charge in [-0.3, -0.25) is 4.79 Å². The largest absolute Gasteiger partial charge is 0.487 e. The molecule has 0 aromatic heterocycles. The predicted octanol–water partition coefficient (Wildman–Crippen LogP) is 3.12. The molecule has 0 heterocycles. The molecule has 118 valence electrons. The van der Waals surface area contributed by atoms with Gasteiger partial charge in [-0.15, -0.1) is 0 Å². The third kappa shape index (κ3) is 3.27. The second-order valence-electron chi connectivity index (χ2n) is 5.47. The molecular weight excluding hydrogens is 288 g/mol. The first-order valence-corrected chi connectivity index (χ1v) is 7.75. The van der Waals surface area contributed by atoms with Gasteiger partial charge in [0, 0.05) is 6.54 Å². The van der Waals surface area contributed by atoms with Crippen molar-refractivity contribution in [2.24, 2.45) is 5.73 Å². The number of benzene rings is 2. The number of carbonyl (C=O) groups excluding carboxylic acids is 1. The zero-order valence-electron chi connectivity index (χ0n) is 12.9. The minimum absolute atomic E-state index is 0.465. The van der Waals surface area contributed by atoms with Crippen LogP contribution in [0.4, 0.5) is 5.69 Å². The number of ether oxygens (including phenoxy) is 1. The van der Waals surface area contributed by atoms with E-state index in [0.717, 1.165) is 40.8 Å². The SMILES string of the molecule is NCC1=CCCc2c1ccc(OCc1ccccc1)c2NC=O. The van der Waals surface area contributed by atoms with Crippen LogP contribution in [0.5, 0.6) is 5.75 Å². The number of allylic oxidation sites excluding steroid dienone is 1. The second kappa shape index (κ2) is 7.11. The Labute approximate surface area is 136 Å². The Bertz CT molecular complexity index is 724.